The number of carbonyl (C=O) groups excluding carboxylic acids is 1. The van der Waals surface area contributed by atoms with Gasteiger partial charge in [0.2, 0.25) is 11.8 Å². The molecule has 0 spiro atoms. The summed E-state index contributed by atoms with van der Waals surface area (Å²) in [5.74, 6) is 2.26. The minimum atomic E-state index is -0.137. The van der Waals surface area contributed by atoms with Crippen molar-refractivity contribution in [3.63, 3.8) is 0 Å². The Morgan fingerprint density at radius 1 is 0.975 bits per heavy atom. The van der Waals surface area contributed by atoms with E-state index in [0.29, 0.717) is 47.0 Å². The van der Waals surface area contributed by atoms with E-state index in [2.05, 4.69) is 9.97 Å². The SMILES string of the molecule is COc1ccc(C(=O)N(CCn2nc(-c3ccncc3)nc2-c2ccc(OC)c(Cl)c2)C2CCCC2)c(OC)n1. The van der Waals surface area contributed by atoms with Crippen molar-refractivity contribution in [3.8, 4) is 40.3 Å². The lowest BCUT2D eigenvalue weighted by molar-refractivity contribution is 0.0667. The first-order valence-corrected chi connectivity index (χ1v) is 13.5. The first kappa shape index (κ1) is 27.4. The Balaban J connectivity index is 1.49. The van der Waals surface area contributed by atoms with Gasteiger partial charge in [0.05, 0.1) is 32.9 Å². The average molecular weight is 563 g/mol. The number of hydrogen-bond acceptors (Lipinski definition) is 8. The summed E-state index contributed by atoms with van der Waals surface area (Å²) in [4.78, 5) is 29.1. The van der Waals surface area contributed by atoms with Gasteiger partial charge < -0.3 is 19.1 Å². The van der Waals surface area contributed by atoms with Crippen LogP contribution in [0.4, 0.5) is 0 Å². The summed E-state index contributed by atoms with van der Waals surface area (Å²) in [6, 6.07) is 12.7. The van der Waals surface area contributed by atoms with Gasteiger partial charge in [-0.3, -0.25) is 9.78 Å². The fraction of sp³-hybridized carbons (Fsp3) is 0.345. The second-order valence-corrected chi connectivity index (χ2v) is 9.82. The summed E-state index contributed by atoms with van der Waals surface area (Å²) in [5.41, 5.74) is 2.03. The van der Waals surface area contributed by atoms with Crippen molar-refractivity contribution in [3.05, 3.63) is 65.4 Å². The first-order valence-electron chi connectivity index (χ1n) is 13.1. The van der Waals surface area contributed by atoms with Crippen molar-refractivity contribution in [2.75, 3.05) is 27.9 Å². The van der Waals surface area contributed by atoms with Crippen molar-refractivity contribution in [1.29, 1.82) is 0 Å². The van der Waals surface area contributed by atoms with Crippen LogP contribution in [0, 0.1) is 0 Å². The van der Waals surface area contributed by atoms with Crippen molar-refractivity contribution in [2.45, 2.75) is 38.3 Å². The van der Waals surface area contributed by atoms with E-state index in [4.69, 9.17) is 35.9 Å². The molecule has 3 aromatic heterocycles. The van der Waals surface area contributed by atoms with Gasteiger partial charge in [0.15, 0.2) is 11.6 Å². The molecule has 40 heavy (non-hydrogen) atoms. The predicted octanol–water partition coefficient (Wildman–Crippen LogP) is 5.17. The molecule has 10 nitrogen and oxygen atoms in total. The van der Waals surface area contributed by atoms with E-state index in [9.17, 15) is 4.79 Å². The zero-order valence-electron chi connectivity index (χ0n) is 22.7. The lowest BCUT2D eigenvalue weighted by Gasteiger charge is -2.29. The topological polar surface area (TPSA) is 104 Å². The minimum absolute atomic E-state index is 0.112. The van der Waals surface area contributed by atoms with Crippen LogP contribution in [0.1, 0.15) is 36.0 Å². The number of pyridine rings is 2. The number of ether oxygens (including phenoxy) is 3. The van der Waals surface area contributed by atoms with Gasteiger partial charge >= 0.3 is 0 Å². The number of amides is 1. The van der Waals surface area contributed by atoms with Gasteiger partial charge in [-0.1, -0.05) is 24.4 Å². The molecule has 5 rings (SSSR count). The smallest absolute Gasteiger partial charge is 0.259 e. The maximum absolute atomic E-state index is 13.9. The molecule has 0 aliphatic heterocycles. The van der Waals surface area contributed by atoms with Gasteiger partial charge in [-0.25, -0.2) is 9.67 Å². The highest BCUT2D eigenvalue weighted by atomic mass is 35.5. The molecule has 1 amide bonds. The van der Waals surface area contributed by atoms with Gasteiger partial charge in [0.25, 0.3) is 5.91 Å². The molecule has 1 aliphatic rings. The molecule has 1 fully saturated rings. The van der Waals surface area contributed by atoms with Gasteiger partial charge in [-0.05, 0) is 49.2 Å². The Kier molecular flexibility index (Phi) is 8.45. The van der Waals surface area contributed by atoms with Crippen molar-refractivity contribution in [1.82, 2.24) is 29.6 Å². The number of benzene rings is 1. The quantitative estimate of drug-likeness (QED) is 0.261. The molecular formula is C29H31ClN6O4. The Labute approximate surface area is 237 Å². The van der Waals surface area contributed by atoms with Crippen LogP contribution in [0.25, 0.3) is 22.8 Å². The average Bonchev–Trinajstić information content (AvgIpc) is 3.68. The maximum atomic E-state index is 13.9. The van der Waals surface area contributed by atoms with Gasteiger partial charge in [0.1, 0.15) is 11.3 Å². The molecule has 1 aromatic carbocycles. The third-order valence-corrected chi connectivity index (χ3v) is 7.36. The summed E-state index contributed by atoms with van der Waals surface area (Å²) >= 11 is 6.46. The number of halogens is 1. The summed E-state index contributed by atoms with van der Waals surface area (Å²) < 4.78 is 17.8. The number of methoxy groups -OCH3 is 3. The van der Waals surface area contributed by atoms with E-state index in [1.807, 2.05) is 33.8 Å². The Morgan fingerprint density at radius 2 is 1.75 bits per heavy atom. The lowest BCUT2D eigenvalue weighted by Crippen LogP contribution is -2.41. The van der Waals surface area contributed by atoms with E-state index >= 15 is 0 Å². The van der Waals surface area contributed by atoms with E-state index < -0.39 is 0 Å². The van der Waals surface area contributed by atoms with Crippen molar-refractivity contribution < 1.29 is 19.0 Å². The normalized spacial score (nSPS) is 13.3. The van der Waals surface area contributed by atoms with Gasteiger partial charge in [-0.15, -0.1) is 0 Å². The summed E-state index contributed by atoms with van der Waals surface area (Å²) in [5, 5.41) is 5.30. The number of carbonyl (C=O) groups is 1. The fourth-order valence-corrected chi connectivity index (χ4v) is 5.28. The zero-order valence-corrected chi connectivity index (χ0v) is 23.5. The molecule has 0 bridgehead atoms. The minimum Gasteiger partial charge on any atom is -0.495 e. The molecule has 1 aliphatic carbocycles. The van der Waals surface area contributed by atoms with Gasteiger partial charge in [-0.2, -0.15) is 10.1 Å². The standard InChI is InChI=1S/C29H31ClN6O4/c1-38-24-10-8-20(18-23(24)30)27-33-26(19-12-14-31-15-13-19)34-36(27)17-16-35(21-6-4-5-7-21)29(37)22-9-11-25(39-2)32-28(22)40-3/h8-15,18,21H,4-7,16-17H2,1-3H3. The van der Waals surface area contributed by atoms with E-state index in [0.717, 1.165) is 36.8 Å². The molecule has 0 radical (unpaired) electrons. The molecule has 0 N–H and O–H groups in total. The third kappa shape index (κ3) is 5.72. The van der Waals surface area contributed by atoms with Crippen LogP contribution in [-0.4, -0.2) is 69.5 Å². The van der Waals surface area contributed by atoms with Crippen LogP contribution in [0.15, 0.2) is 54.9 Å². The second kappa shape index (κ2) is 12.3. The monoisotopic (exact) mass is 562 g/mol. The molecule has 0 saturated heterocycles. The summed E-state index contributed by atoms with van der Waals surface area (Å²) in [6.07, 6.45) is 7.46. The number of aromatic nitrogens is 5. The van der Waals surface area contributed by atoms with E-state index in [1.54, 1.807) is 37.7 Å². The van der Waals surface area contributed by atoms with E-state index in [1.165, 1.54) is 14.2 Å². The van der Waals surface area contributed by atoms with Crippen molar-refractivity contribution >= 4 is 17.5 Å². The zero-order chi connectivity index (χ0) is 28.1. The molecule has 208 valence electrons. The number of hydrogen-bond donors (Lipinski definition) is 0. The second-order valence-electron chi connectivity index (χ2n) is 9.41. The Morgan fingerprint density at radius 3 is 2.42 bits per heavy atom. The fourth-order valence-electron chi connectivity index (χ4n) is 5.02. The van der Waals surface area contributed by atoms with Gasteiger partial charge in [0, 0.05) is 42.2 Å². The largest absolute Gasteiger partial charge is 0.495 e. The molecule has 3 heterocycles. The van der Waals surface area contributed by atoms with Crippen LogP contribution in [0.2, 0.25) is 5.02 Å². The molecule has 0 unspecified atom stereocenters. The molecular weight excluding hydrogens is 532 g/mol. The van der Waals surface area contributed by atoms with Crippen LogP contribution in [-0.2, 0) is 6.54 Å². The van der Waals surface area contributed by atoms with Crippen LogP contribution < -0.4 is 14.2 Å². The lowest BCUT2D eigenvalue weighted by atomic mass is 10.1. The highest BCUT2D eigenvalue weighted by Gasteiger charge is 2.30. The Hall–Kier alpha value is -4.18. The summed E-state index contributed by atoms with van der Waals surface area (Å²) in [7, 11) is 4.60. The third-order valence-electron chi connectivity index (χ3n) is 7.07. The number of rotatable bonds is 10. The highest BCUT2D eigenvalue weighted by Crippen LogP contribution is 2.32. The van der Waals surface area contributed by atoms with E-state index in [-0.39, 0.29) is 17.8 Å². The summed E-state index contributed by atoms with van der Waals surface area (Å²) in [6.45, 7) is 0.847. The molecule has 1 saturated carbocycles. The molecule has 4 aromatic rings. The molecule has 0 atom stereocenters. The maximum Gasteiger partial charge on any atom is 0.259 e. The predicted molar refractivity (Wildman–Crippen MR) is 151 cm³/mol. The van der Waals surface area contributed by atoms with Crippen LogP contribution in [0.5, 0.6) is 17.5 Å². The van der Waals surface area contributed by atoms with Crippen molar-refractivity contribution in [2.24, 2.45) is 0 Å². The van der Waals surface area contributed by atoms with Crippen LogP contribution in [0.3, 0.4) is 0 Å². The Bertz CT molecular complexity index is 1470. The molecule has 11 heteroatoms. The number of nitrogens with zero attached hydrogens (tertiary/aromatic N) is 6. The van der Waals surface area contributed by atoms with Crippen LogP contribution >= 0.6 is 11.6 Å². The first-order chi connectivity index (χ1) is 19.5. The highest BCUT2D eigenvalue weighted by molar-refractivity contribution is 6.32.